The van der Waals surface area contributed by atoms with Crippen LogP contribution in [0.15, 0.2) is 45.6 Å². The Balaban J connectivity index is 1.59. The molecule has 3 heterocycles. The van der Waals surface area contributed by atoms with Crippen LogP contribution in [0, 0.1) is 0 Å². The van der Waals surface area contributed by atoms with Crippen LogP contribution in [0.4, 0.5) is 0 Å². The highest BCUT2D eigenvalue weighted by molar-refractivity contribution is 5.99. The van der Waals surface area contributed by atoms with Crippen molar-refractivity contribution in [3.8, 4) is 17.2 Å². The summed E-state index contributed by atoms with van der Waals surface area (Å²) in [6.07, 6.45) is 0.781. The van der Waals surface area contributed by atoms with Gasteiger partial charge in [0, 0.05) is 13.0 Å². The second-order valence-corrected chi connectivity index (χ2v) is 9.00. The minimum Gasteiger partial charge on any atom is -0.493 e. The maximum atomic E-state index is 13.7. The van der Waals surface area contributed by atoms with E-state index in [1.54, 1.807) is 55.5 Å². The van der Waals surface area contributed by atoms with Gasteiger partial charge < -0.3 is 33.2 Å². The Morgan fingerprint density at radius 2 is 1.69 bits per heavy atom. The molecule has 0 radical (unpaired) electrons. The van der Waals surface area contributed by atoms with Gasteiger partial charge in [0.2, 0.25) is 11.5 Å². The quantitative estimate of drug-likeness (QED) is 0.508. The molecule has 1 atom stereocenters. The average molecular weight is 496 g/mol. The number of carbonyl (C=O) groups is 1. The van der Waals surface area contributed by atoms with Crippen LogP contribution in [0.1, 0.15) is 34.1 Å². The summed E-state index contributed by atoms with van der Waals surface area (Å²) in [6, 6.07) is 9.97. The van der Waals surface area contributed by atoms with Crippen LogP contribution in [0.5, 0.6) is 17.2 Å². The van der Waals surface area contributed by atoms with Crippen molar-refractivity contribution in [2.45, 2.75) is 12.5 Å². The molecule has 2 aliphatic heterocycles. The van der Waals surface area contributed by atoms with Crippen molar-refractivity contribution in [2.75, 3.05) is 60.7 Å². The number of benzene rings is 2. The Hall–Kier alpha value is -3.56. The molecule has 1 fully saturated rings. The van der Waals surface area contributed by atoms with Crippen LogP contribution in [-0.2, 0) is 4.74 Å². The van der Waals surface area contributed by atoms with Crippen LogP contribution >= 0.6 is 0 Å². The predicted octanol–water partition coefficient (Wildman–Crippen LogP) is 1.67. The number of nitrogens with zero attached hydrogens (tertiary/aromatic N) is 1. The molecule has 2 aromatic carbocycles. The summed E-state index contributed by atoms with van der Waals surface area (Å²) in [4.78, 5) is 30.6. The SMILES string of the molecule is COc1cc([C@@H]2c3c(oc4ccccc4c3=O)C(=O)N2CCC[NH+]2CCOCC2)cc(OC)c1OC. The third-order valence-corrected chi connectivity index (χ3v) is 7.01. The molecule has 0 saturated carbocycles. The fourth-order valence-electron chi connectivity index (χ4n) is 5.21. The van der Waals surface area contributed by atoms with E-state index in [4.69, 9.17) is 23.4 Å². The fourth-order valence-corrected chi connectivity index (χ4v) is 5.21. The van der Waals surface area contributed by atoms with Gasteiger partial charge in [-0.15, -0.1) is 0 Å². The maximum absolute atomic E-state index is 13.7. The molecule has 9 nitrogen and oxygen atoms in total. The van der Waals surface area contributed by atoms with Gasteiger partial charge >= 0.3 is 0 Å². The molecule has 0 aliphatic carbocycles. The van der Waals surface area contributed by atoms with E-state index in [-0.39, 0.29) is 17.1 Å². The van der Waals surface area contributed by atoms with Crippen molar-refractivity contribution in [2.24, 2.45) is 0 Å². The molecule has 0 unspecified atom stereocenters. The number of nitrogens with one attached hydrogen (secondary N) is 1. The molecule has 0 spiro atoms. The second kappa shape index (κ2) is 10.2. The van der Waals surface area contributed by atoms with E-state index in [1.165, 1.54) is 12.0 Å². The number of morpholine rings is 1. The predicted molar refractivity (Wildman–Crippen MR) is 132 cm³/mol. The van der Waals surface area contributed by atoms with Gasteiger partial charge in [-0.05, 0) is 29.8 Å². The number of carbonyl (C=O) groups excluding carboxylic acids is 1. The van der Waals surface area contributed by atoms with Crippen molar-refractivity contribution in [1.29, 1.82) is 0 Å². The fraction of sp³-hybridized carbons (Fsp3) is 0.407. The van der Waals surface area contributed by atoms with Crippen molar-refractivity contribution < 1.29 is 33.1 Å². The maximum Gasteiger partial charge on any atom is 0.290 e. The van der Waals surface area contributed by atoms with E-state index in [2.05, 4.69) is 0 Å². The van der Waals surface area contributed by atoms with Gasteiger partial charge in [0.25, 0.3) is 5.91 Å². The van der Waals surface area contributed by atoms with E-state index in [9.17, 15) is 9.59 Å². The minimum atomic E-state index is -0.637. The number of methoxy groups -OCH3 is 3. The molecule has 1 saturated heterocycles. The number of ether oxygens (including phenoxy) is 4. The van der Waals surface area contributed by atoms with E-state index >= 15 is 0 Å². The standard InChI is InChI=1S/C27H30N2O7/c1-32-20-15-17(16-21(33-2)25(20)34-3)23-22-24(30)18-7-4-5-8-19(18)36-26(22)27(31)29(23)10-6-9-28-11-13-35-14-12-28/h4-5,7-8,15-16,23H,6,9-14H2,1-3H3/p+1/t23-/m1/s1. The van der Waals surface area contributed by atoms with Crippen molar-refractivity contribution in [3.05, 3.63) is 63.5 Å². The highest BCUT2D eigenvalue weighted by Crippen LogP contribution is 2.45. The Bertz CT molecular complexity index is 1300. The summed E-state index contributed by atoms with van der Waals surface area (Å²) < 4.78 is 28.1. The molecule has 3 aromatic rings. The largest absolute Gasteiger partial charge is 0.493 e. The molecule has 36 heavy (non-hydrogen) atoms. The van der Waals surface area contributed by atoms with Crippen LogP contribution in [0.25, 0.3) is 11.0 Å². The topological polar surface area (TPSA) is 91.9 Å². The molecule has 5 rings (SSSR count). The van der Waals surface area contributed by atoms with Gasteiger partial charge in [0.15, 0.2) is 16.9 Å². The molecular formula is C27H31N2O7+. The van der Waals surface area contributed by atoms with Gasteiger partial charge in [0.05, 0.1) is 58.1 Å². The first-order chi connectivity index (χ1) is 17.6. The molecule has 1 aromatic heterocycles. The summed E-state index contributed by atoms with van der Waals surface area (Å²) in [5.41, 5.74) is 1.22. The minimum absolute atomic E-state index is 0.0937. The monoisotopic (exact) mass is 495 g/mol. The number of fused-ring (bicyclic) bond motifs is 2. The van der Waals surface area contributed by atoms with Gasteiger partial charge in [0.1, 0.15) is 18.7 Å². The lowest BCUT2D eigenvalue weighted by Crippen LogP contribution is -3.14. The van der Waals surface area contributed by atoms with Crippen molar-refractivity contribution in [1.82, 2.24) is 4.90 Å². The van der Waals surface area contributed by atoms with Gasteiger partial charge in [-0.1, -0.05) is 12.1 Å². The number of amides is 1. The summed E-state index contributed by atoms with van der Waals surface area (Å²) in [5, 5.41) is 0.445. The van der Waals surface area contributed by atoms with Crippen LogP contribution < -0.4 is 24.5 Å². The molecular weight excluding hydrogens is 464 g/mol. The van der Waals surface area contributed by atoms with Crippen LogP contribution in [0.2, 0.25) is 0 Å². The zero-order valence-electron chi connectivity index (χ0n) is 20.8. The lowest BCUT2D eigenvalue weighted by Gasteiger charge is -2.28. The Labute approximate surface area is 209 Å². The van der Waals surface area contributed by atoms with Crippen LogP contribution in [-0.4, -0.2) is 71.5 Å². The van der Waals surface area contributed by atoms with E-state index in [1.807, 2.05) is 0 Å². The van der Waals surface area contributed by atoms with Gasteiger partial charge in [-0.3, -0.25) is 9.59 Å². The lowest BCUT2D eigenvalue weighted by atomic mass is 9.97. The number of hydrogen-bond acceptors (Lipinski definition) is 7. The first-order valence-corrected chi connectivity index (χ1v) is 12.1. The van der Waals surface area contributed by atoms with E-state index in [0.717, 1.165) is 39.3 Å². The Morgan fingerprint density at radius 1 is 1.00 bits per heavy atom. The highest BCUT2D eigenvalue weighted by atomic mass is 16.5. The smallest absolute Gasteiger partial charge is 0.290 e. The van der Waals surface area contributed by atoms with Crippen molar-refractivity contribution in [3.63, 3.8) is 0 Å². The van der Waals surface area contributed by atoms with Crippen LogP contribution in [0.3, 0.4) is 0 Å². The number of hydrogen-bond donors (Lipinski definition) is 1. The summed E-state index contributed by atoms with van der Waals surface area (Å²) >= 11 is 0. The normalized spacial score (nSPS) is 17.9. The molecule has 1 N–H and O–H groups in total. The summed E-state index contributed by atoms with van der Waals surface area (Å²) in [7, 11) is 4.62. The zero-order valence-corrected chi connectivity index (χ0v) is 20.8. The first kappa shape index (κ1) is 24.1. The molecule has 1 amide bonds. The third kappa shape index (κ3) is 4.18. The Morgan fingerprint density at radius 3 is 2.36 bits per heavy atom. The van der Waals surface area contributed by atoms with E-state index < -0.39 is 6.04 Å². The summed E-state index contributed by atoms with van der Waals surface area (Å²) in [6.45, 7) is 4.80. The first-order valence-electron chi connectivity index (χ1n) is 12.1. The molecule has 0 bridgehead atoms. The van der Waals surface area contributed by atoms with Crippen molar-refractivity contribution >= 4 is 16.9 Å². The lowest BCUT2D eigenvalue weighted by molar-refractivity contribution is -0.908. The van der Waals surface area contributed by atoms with E-state index in [0.29, 0.717) is 45.9 Å². The third-order valence-electron chi connectivity index (χ3n) is 7.01. The highest BCUT2D eigenvalue weighted by Gasteiger charge is 2.43. The second-order valence-electron chi connectivity index (χ2n) is 9.00. The summed E-state index contributed by atoms with van der Waals surface area (Å²) in [5.74, 6) is 1.16. The van der Waals surface area contributed by atoms with Gasteiger partial charge in [-0.25, -0.2) is 0 Å². The number of rotatable bonds is 8. The molecule has 9 heteroatoms. The average Bonchev–Trinajstić information content (AvgIpc) is 3.20. The number of para-hydroxylation sites is 1. The molecule has 2 aliphatic rings. The zero-order chi connectivity index (χ0) is 25.2. The molecule has 190 valence electrons. The Kier molecular flexibility index (Phi) is 6.84. The van der Waals surface area contributed by atoms with Gasteiger partial charge in [-0.2, -0.15) is 0 Å². The number of quaternary nitrogens is 1.